The molecule has 1 aromatic carbocycles. The van der Waals surface area contributed by atoms with Gasteiger partial charge in [0.15, 0.2) is 5.75 Å². The molecule has 156 valence electrons. The van der Waals surface area contributed by atoms with Gasteiger partial charge in [0, 0.05) is 18.0 Å². The Hall–Kier alpha value is -2.17. The average molecular weight is 390 g/mol. The molecule has 2 aromatic rings. The van der Waals surface area contributed by atoms with Gasteiger partial charge in [-0.3, -0.25) is 4.79 Å². The Balaban J connectivity index is 2.42. The summed E-state index contributed by atoms with van der Waals surface area (Å²) in [4.78, 5) is 13.3. The molecule has 2 rings (SSSR count). The van der Waals surface area contributed by atoms with Crippen molar-refractivity contribution in [2.75, 3.05) is 20.8 Å². The van der Waals surface area contributed by atoms with Crippen molar-refractivity contribution in [3.8, 4) is 17.2 Å². The fourth-order valence-corrected chi connectivity index (χ4v) is 3.46. The highest BCUT2D eigenvalue weighted by molar-refractivity contribution is 5.89. The number of pyridine rings is 1. The largest absolute Gasteiger partial charge is 0.497 e. The summed E-state index contributed by atoms with van der Waals surface area (Å²) < 4.78 is 18.8. The third kappa shape index (κ3) is 5.43. The van der Waals surface area contributed by atoms with E-state index in [0.29, 0.717) is 24.7 Å². The zero-order valence-electron chi connectivity index (χ0n) is 17.9. The number of benzene rings is 1. The van der Waals surface area contributed by atoms with Crippen molar-refractivity contribution in [3.63, 3.8) is 0 Å². The number of aryl methyl sites for hydroxylation is 1. The minimum atomic E-state index is -0.121. The molecule has 28 heavy (non-hydrogen) atoms. The van der Waals surface area contributed by atoms with E-state index in [9.17, 15) is 4.79 Å². The molecule has 0 unspecified atom stereocenters. The van der Waals surface area contributed by atoms with Crippen molar-refractivity contribution >= 4 is 10.9 Å². The molecule has 5 nitrogen and oxygen atoms in total. The number of rotatable bonds is 13. The minimum absolute atomic E-state index is 0.121. The number of nitrogens with zero attached hydrogens (tertiary/aromatic N) is 1. The van der Waals surface area contributed by atoms with Crippen LogP contribution in [-0.2, 0) is 6.54 Å². The topological polar surface area (TPSA) is 49.7 Å². The lowest BCUT2D eigenvalue weighted by molar-refractivity contribution is 0.280. The van der Waals surface area contributed by atoms with Crippen LogP contribution in [0.1, 0.15) is 65.2 Å². The summed E-state index contributed by atoms with van der Waals surface area (Å²) in [5.74, 6) is 1.57. The molecule has 0 saturated heterocycles. The molecule has 0 aliphatic carbocycles. The van der Waals surface area contributed by atoms with E-state index in [1.807, 2.05) is 22.8 Å². The molecule has 5 heteroatoms. The van der Waals surface area contributed by atoms with E-state index in [0.717, 1.165) is 48.8 Å². The van der Waals surface area contributed by atoms with Crippen LogP contribution in [0, 0.1) is 0 Å². The normalized spacial score (nSPS) is 11.0. The lowest BCUT2D eigenvalue weighted by Crippen LogP contribution is -2.24. The second kappa shape index (κ2) is 11.6. The number of fused-ring (bicyclic) bond motifs is 1. The summed E-state index contributed by atoms with van der Waals surface area (Å²) in [5.41, 5.74) is 0.709. The standard InChI is InChI=1S/C23H35NO4/c1-5-7-9-11-15-24-20-17-18(26-3)13-14-19(20)21(27-4)22(23(24)25)28-16-12-10-8-6-2/h13-14,17H,5-12,15-16H2,1-4H3. The van der Waals surface area contributed by atoms with E-state index in [1.165, 1.54) is 19.3 Å². The van der Waals surface area contributed by atoms with E-state index in [2.05, 4.69) is 13.8 Å². The fraction of sp³-hybridized carbons (Fsp3) is 0.609. The highest BCUT2D eigenvalue weighted by Gasteiger charge is 2.19. The summed E-state index contributed by atoms with van der Waals surface area (Å²) in [7, 11) is 3.23. The van der Waals surface area contributed by atoms with Gasteiger partial charge in [0.1, 0.15) is 5.75 Å². The number of hydrogen-bond donors (Lipinski definition) is 0. The fourth-order valence-electron chi connectivity index (χ4n) is 3.46. The molecular formula is C23H35NO4. The SMILES string of the molecule is CCCCCCOc1c(OC)c2ccc(OC)cc2n(CCCCCC)c1=O. The molecule has 0 spiro atoms. The Morgan fingerprint density at radius 3 is 2.21 bits per heavy atom. The van der Waals surface area contributed by atoms with E-state index in [-0.39, 0.29) is 5.56 Å². The molecule has 1 heterocycles. The lowest BCUT2D eigenvalue weighted by atomic mass is 10.1. The number of aromatic nitrogens is 1. The van der Waals surface area contributed by atoms with Crippen LogP contribution in [0.3, 0.4) is 0 Å². The summed E-state index contributed by atoms with van der Waals surface area (Å²) >= 11 is 0. The molecule has 0 atom stereocenters. The van der Waals surface area contributed by atoms with Crippen molar-refractivity contribution < 1.29 is 14.2 Å². The van der Waals surface area contributed by atoms with Crippen LogP contribution in [0.4, 0.5) is 0 Å². The van der Waals surface area contributed by atoms with Gasteiger partial charge in [0.05, 0.1) is 26.3 Å². The second-order valence-electron chi connectivity index (χ2n) is 7.17. The summed E-state index contributed by atoms with van der Waals surface area (Å²) in [5, 5.41) is 0.877. The zero-order valence-corrected chi connectivity index (χ0v) is 17.9. The van der Waals surface area contributed by atoms with Crippen LogP contribution in [0.2, 0.25) is 0 Å². The highest BCUT2D eigenvalue weighted by atomic mass is 16.5. The maximum Gasteiger partial charge on any atom is 0.297 e. The first kappa shape index (κ1) is 22.1. The van der Waals surface area contributed by atoms with E-state index in [4.69, 9.17) is 14.2 Å². The zero-order chi connectivity index (χ0) is 20.4. The molecule has 0 radical (unpaired) electrons. The van der Waals surface area contributed by atoms with Gasteiger partial charge in [0.2, 0.25) is 5.75 Å². The molecule has 0 N–H and O–H groups in total. The Kier molecular flexibility index (Phi) is 9.18. The Labute approximate surface area is 168 Å². The van der Waals surface area contributed by atoms with Gasteiger partial charge >= 0.3 is 0 Å². The summed E-state index contributed by atoms with van der Waals surface area (Å²) in [6.45, 7) is 5.56. The molecule has 1 aromatic heterocycles. The number of ether oxygens (including phenoxy) is 3. The molecule has 0 aliphatic rings. The van der Waals surface area contributed by atoms with Crippen LogP contribution >= 0.6 is 0 Å². The van der Waals surface area contributed by atoms with Crippen LogP contribution < -0.4 is 19.8 Å². The third-order valence-corrected chi connectivity index (χ3v) is 5.07. The predicted molar refractivity (Wildman–Crippen MR) is 115 cm³/mol. The lowest BCUT2D eigenvalue weighted by Gasteiger charge is -2.18. The summed E-state index contributed by atoms with van der Waals surface area (Å²) in [6, 6.07) is 5.74. The first-order chi connectivity index (χ1) is 13.7. The number of unbranched alkanes of at least 4 members (excludes halogenated alkanes) is 6. The Bertz CT molecular complexity index is 797. The average Bonchev–Trinajstić information content (AvgIpc) is 2.72. The Morgan fingerprint density at radius 2 is 1.57 bits per heavy atom. The van der Waals surface area contributed by atoms with Crippen molar-refractivity contribution in [3.05, 3.63) is 28.6 Å². The van der Waals surface area contributed by atoms with Crippen LogP contribution in [0.15, 0.2) is 23.0 Å². The molecular weight excluding hydrogens is 354 g/mol. The predicted octanol–water partition coefficient (Wildman–Crippen LogP) is 5.56. The second-order valence-corrected chi connectivity index (χ2v) is 7.17. The van der Waals surface area contributed by atoms with E-state index < -0.39 is 0 Å². The maximum atomic E-state index is 13.3. The van der Waals surface area contributed by atoms with Gasteiger partial charge in [-0.15, -0.1) is 0 Å². The van der Waals surface area contributed by atoms with Gasteiger partial charge in [-0.25, -0.2) is 0 Å². The van der Waals surface area contributed by atoms with Crippen LogP contribution in [-0.4, -0.2) is 25.4 Å². The maximum absolute atomic E-state index is 13.3. The quantitative estimate of drug-likeness (QED) is 0.421. The number of hydrogen-bond acceptors (Lipinski definition) is 4. The van der Waals surface area contributed by atoms with Crippen LogP contribution in [0.5, 0.6) is 17.2 Å². The smallest absolute Gasteiger partial charge is 0.297 e. The van der Waals surface area contributed by atoms with E-state index >= 15 is 0 Å². The third-order valence-electron chi connectivity index (χ3n) is 5.07. The first-order valence-electron chi connectivity index (χ1n) is 10.6. The summed E-state index contributed by atoms with van der Waals surface area (Å²) in [6.07, 6.45) is 8.80. The monoisotopic (exact) mass is 389 g/mol. The first-order valence-corrected chi connectivity index (χ1v) is 10.6. The van der Waals surface area contributed by atoms with Crippen LogP contribution in [0.25, 0.3) is 10.9 Å². The van der Waals surface area contributed by atoms with Crippen molar-refractivity contribution in [2.24, 2.45) is 0 Å². The molecule has 0 amide bonds. The highest BCUT2D eigenvalue weighted by Crippen LogP contribution is 2.34. The van der Waals surface area contributed by atoms with Crippen molar-refractivity contribution in [1.29, 1.82) is 0 Å². The molecule has 0 saturated carbocycles. The minimum Gasteiger partial charge on any atom is -0.497 e. The van der Waals surface area contributed by atoms with Gasteiger partial charge in [-0.05, 0) is 25.0 Å². The molecule has 0 bridgehead atoms. The Morgan fingerprint density at radius 1 is 0.857 bits per heavy atom. The number of methoxy groups -OCH3 is 2. The van der Waals surface area contributed by atoms with Gasteiger partial charge in [-0.1, -0.05) is 52.4 Å². The molecule has 0 aliphatic heterocycles. The van der Waals surface area contributed by atoms with Gasteiger partial charge in [0.25, 0.3) is 5.56 Å². The van der Waals surface area contributed by atoms with Gasteiger partial charge in [-0.2, -0.15) is 0 Å². The van der Waals surface area contributed by atoms with Gasteiger partial charge < -0.3 is 18.8 Å². The van der Waals surface area contributed by atoms with E-state index in [1.54, 1.807) is 14.2 Å². The van der Waals surface area contributed by atoms with Crippen molar-refractivity contribution in [2.45, 2.75) is 71.8 Å². The van der Waals surface area contributed by atoms with Crippen molar-refractivity contribution in [1.82, 2.24) is 4.57 Å². The molecule has 0 fully saturated rings.